The quantitative estimate of drug-likeness (QED) is 0.585. The Hall–Kier alpha value is -3.30. The lowest BCUT2D eigenvalue weighted by Crippen LogP contribution is -2.25. The first-order chi connectivity index (χ1) is 11.0. The average molecular weight is 323 g/mol. The van der Waals surface area contributed by atoms with Crippen LogP contribution in [0.2, 0.25) is 0 Å². The van der Waals surface area contributed by atoms with Gasteiger partial charge in [0.1, 0.15) is 6.61 Å². The van der Waals surface area contributed by atoms with E-state index in [9.17, 15) is 19.7 Å². The van der Waals surface area contributed by atoms with Crippen LogP contribution in [0.25, 0.3) is 0 Å². The zero-order valence-electron chi connectivity index (χ0n) is 12.2. The van der Waals surface area contributed by atoms with Crippen molar-refractivity contribution in [3.05, 3.63) is 54.8 Å². The third kappa shape index (κ3) is 3.48. The summed E-state index contributed by atoms with van der Waals surface area (Å²) in [6.07, 6.45) is 1.17. The molecule has 0 aliphatic heterocycles. The Bertz CT molecular complexity index is 840. The Morgan fingerprint density at radius 3 is 2.35 bits per heavy atom. The number of ether oxygens (including phenoxy) is 3. The van der Waals surface area contributed by atoms with Crippen LogP contribution >= 0.6 is 0 Å². The van der Waals surface area contributed by atoms with Gasteiger partial charge in [-0.3, -0.25) is 19.9 Å². The second kappa shape index (κ2) is 6.64. The standard InChI is InChI=1S/C13H13N3O7/c1-21-10-3-8(16(19)20)9(4-11(10)22-2)23-6-7-5-14-13(18)15-12(7)17/h3-5H,6H2,1-2H3,(H2,14,15,17,18). The summed E-state index contributed by atoms with van der Waals surface area (Å²) in [6.45, 7) is -0.275. The summed E-state index contributed by atoms with van der Waals surface area (Å²) < 4.78 is 15.4. The second-order valence-electron chi connectivity index (χ2n) is 4.32. The molecule has 0 bridgehead atoms. The van der Waals surface area contributed by atoms with Crippen LogP contribution in [0.3, 0.4) is 0 Å². The van der Waals surface area contributed by atoms with E-state index in [1.807, 2.05) is 4.98 Å². The van der Waals surface area contributed by atoms with E-state index in [0.29, 0.717) is 0 Å². The highest BCUT2D eigenvalue weighted by Crippen LogP contribution is 2.39. The Morgan fingerprint density at radius 2 is 1.78 bits per heavy atom. The van der Waals surface area contributed by atoms with Crippen LogP contribution in [0.1, 0.15) is 5.56 Å². The maximum atomic E-state index is 11.6. The maximum absolute atomic E-state index is 11.6. The van der Waals surface area contributed by atoms with E-state index in [2.05, 4.69) is 4.98 Å². The van der Waals surface area contributed by atoms with Gasteiger partial charge in [-0.05, 0) is 0 Å². The zero-order chi connectivity index (χ0) is 17.0. The number of nitro benzene ring substituents is 1. The number of hydrogen-bond donors (Lipinski definition) is 2. The van der Waals surface area contributed by atoms with E-state index >= 15 is 0 Å². The smallest absolute Gasteiger partial charge is 0.325 e. The van der Waals surface area contributed by atoms with Gasteiger partial charge in [-0.2, -0.15) is 0 Å². The van der Waals surface area contributed by atoms with E-state index in [-0.39, 0.29) is 35.1 Å². The molecule has 0 fully saturated rings. The van der Waals surface area contributed by atoms with Crippen molar-refractivity contribution >= 4 is 5.69 Å². The molecule has 0 radical (unpaired) electrons. The fourth-order valence-corrected chi connectivity index (χ4v) is 1.81. The molecule has 0 aliphatic rings. The molecule has 122 valence electrons. The summed E-state index contributed by atoms with van der Waals surface area (Å²) in [6, 6.07) is 2.45. The van der Waals surface area contributed by atoms with E-state index in [1.165, 1.54) is 26.5 Å². The lowest BCUT2D eigenvalue weighted by atomic mass is 10.2. The normalized spacial score (nSPS) is 10.2. The molecule has 0 atom stereocenters. The van der Waals surface area contributed by atoms with Gasteiger partial charge in [0, 0.05) is 12.3 Å². The van der Waals surface area contributed by atoms with Crippen molar-refractivity contribution in [3.8, 4) is 17.2 Å². The topological polar surface area (TPSA) is 137 Å². The van der Waals surface area contributed by atoms with E-state index in [4.69, 9.17) is 14.2 Å². The van der Waals surface area contributed by atoms with Crippen LogP contribution in [-0.4, -0.2) is 29.1 Å². The number of hydrogen-bond acceptors (Lipinski definition) is 7. The van der Waals surface area contributed by atoms with Crippen LogP contribution in [-0.2, 0) is 6.61 Å². The largest absolute Gasteiger partial charge is 0.493 e. The van der Waals surface area contributed by atoms with Crippen LogP contribution in [0, 0.1) is 10.1 Å². The third-order valence-electron chi connectivity index (χ3n) is 2.94. The first kappa shape index (κ1) is 16.1. The molecule has 10 heteroatoms. The number of aromatic amines is 2. The van der Waals surface area contributed by atoms with Crippen molar-refractivity contribution in [3.63, 3.8) is 0 Å². The first-order valence-electron chi connectivity index (χ1n) is 6.30. The van der Waals surface area contributed by atoms with Crippen LogP contribution < -0.4 is 25.5 Å². The van der Waals surface area contributed by atoms with Crippen molar-refractivity contribution in [1.82, 2.24) is 9.97 Å². The van der Waals surface area contributed by atoms with E-state index in [0.717, 1.165) is 6.07 Å². The van der Waals surface area contributed by atoms with Crippen LogP contribution in [0.4, 0.5) is 5.69 Å². The fraction of sp³-hybridized carbons (Fsp3) is 0.231. The molecule has 2 aromatic rings. The van der Waals surface area contributed by atoms with Gasteiger partial charge >= 0.3 is 11.4 Å². The SMILES string of the molecule is COc1cc(OCc2c[nH]c(=O)[nH]c2=O)c([N+](=O)[O-])cc1OC. The fourth-order valence-electron chi connectivity index (χ4n) is 1.81. The van der Waals surface area contributed by atoms with Crippen LogP contribution in [0.5, 0.6) is 17.2 Å². The molecular weight excluding hydrogens is 310 g/mol. The summed E-state index contributed by atoms with van der Waals surface area (Å²) in [4.78, 5) is 37.3. The van der Waals surface area contributed by atoms with Crippen molar-refractivity contribution in [2.24, 2.45) is 0 Å². The Morgan fingerprint density at radius 1 is 1.13 bits per heavy atom. The highest BCUT2D eigenvalue weighted by molar-refractivity contribution is 5.58. The molecule has 2 rings (SSSR count). The molecule has 0 amide bonds. The van der Waals surface area contributed by atoms with E-state index < -0.39 is 16.2 Å². The first-order valence-corrected chi connectivity index (χ1v) is 6.30. The molecule has 1 aromatic carbocycles. The highest BCUT2D eigenvalue weighted by atomic mass is 16.6. The van der Waals surface area contributed by atoms with Gasteiger partial charge in [-0.1, -0.05) is 0 Å². The molecule has 0 saturated heterocycles. The third-order valence-corrected chi connectivity index (χ3v) is 2.94. The molecule has 0 aliphatic carbocycles. The second-order valence-corrected chi connectivity index (χ2v) is 4.32. The predicted molar refractivity (Wildman–Crippen MR) is 78.2 cm³/mol. The van der Waals surface area contributed by atoms with Gasteiger partial charge in [0.15, 0.2) is 11.5 Å². The van der Waals surface area contributed by atoms with Gasteiger partial charge in [0.25, 0.3) is 5.56 Å². The van der Waals surface area contributed by atoms with Gasteiger partial charge in [0.05, 0.1) is 30.8 Å². The summed E-state index contributed by atoms with van der Waals surface area (Å²) in [5, 5.41) is 11.1. The van der Waals surface area contributed by atoms with Crippen molar-refractivity contribution in [2.45, 2.75) is 6.61 Å². The number of benzene rings is 1. The minimum absolute atomic E-state index is 0.0988. The van der Waals surface area contributed by atoms with Crippen molar-refractivity contribution < 1.29 is 19.1 Å². The Balaban J connectivity index is 2.36. The Labute approximate surface area is 128 Å². The molecular formula is C13H13N3O7. The maximum Gasteiger partial charge on any atom is 0.325 e. The van der Waals surface area contributed by atoms with Crippen molar-refractivity contribution in [1.29, 1.82) is 0 Å². The highest BCUT2D eigenvalue weighted by Gasteiger charge is 2.21. The monoisotopic (exact) mass is 323 g/mol. The number of nitro groups is 1. The van der Waals surface area contributed by atoms with Crippen molar-refractivity contribution in [2.75, 3.05) is 14.2 Å². The molecule has 1 aromatic heterocycles. The molecule has 0 spiro atoms. The van der Waals surface area contributed by atoms with E-state index in [1.54, 1.807) is 0 Å². The van der Waals surface area contributed by atoms with Crippen LogP contribution in [0.15, 0.2) is 27.9 Å². The Kier molecular flexibility index (Phi) is 4.64. The number of rotatable bonds is 6. The van der Waals surface area contributed by atoms with Gasteiger partial charge in [-0.15, -0.1) is 0 Å². The lowest BCUT2D eigenvalue weighted by Gasteiger charge is -2.11. The molecule has 0 saturated carbocycles. The minimum Gasteiger partial charge on any atom is -0.493 e. The average Bonchev–Trinajstić information content (AvgIpc) is 2.53. The minimum atomic E-state index is -0.657. The molecule has 2 N–H and O–H groups in total. The number of nitrogens with zero attached hydrogens (tertiary/aromatic N) is 1. The summed E-state index contributed by atoms with van der Waals surface area (Å²) in [5.41, 5.74) is -1.54. The van der Waals surface area contributed by atoms with Gasteiger partial charge in [0.2, 0.25) is 5.75 Å². The summed E-state index contributed by atoms with van der Waals surface area (Å²) in [7, 11) is 2.72. The van der Waals surface area contributed by atoms with Gasteiger partial charge < -0.3 is 19.2 Å². The number of methoxy groups -OCH3 is 2. The summed E-state index contributed by atoms with van der Waals surface area (Å²) in [5.74, 6) is 0.315. The summed E-state index contributed by atoms with van der Waals surface area (Å²) >= 11 is 0. The predicted octanol–water partition coefficient (Wildman–Crippen LogP) is 0.568. The zero-order valence-corrected chi connectivity index (χ0v) is 12.2. The number of H-pyrrole nitrogens is 2. The molecule has 23 heavy (non-hydrogen) atoms. The molecule has 0 unspecified atom stereocenters. The molecule has 1 heterocycles. The number of aromatic nitrogens is 2. The van der Waals surface area contributed by atoms with Gasteiger partial charge in [-0.25, -0.2) is 4.79 Å². The number of nitrogens with one attached hydrogen (secondary N) is 2. The lowest BCUT2D eigenvalue weighted by molar-refractivity contribution is -0.386. The molecule has 10 nitrogen and oxygen atoms in total.